The first kappa shape index (κ1) is 18.1. The van der Waals surface area contributed by atoms with Crippen LogP contribution in [0.4, 0.5) is 0 Å². The van der Waals surface area contributed by atoms with Gasteiger partial charge in [0.2, 0.25) is 0 Å². The lowest BCUT2D eigenvalue weighted by molar-refractivity contribution is -0.0453. The summed E-state index contributed by atoms with van der Waals surface area (Å²) >= 11 is 0. The molecule has 2 aromatic rings. The van der Waals surface area contributed by atoms with Crippen molar-refractivity contribution < 1.29 is 13.2 Å². The van der Waals surface area contributed by atoms with Gasteiger partial charge in [0.25, 0.3) is 10.2 Å². The quantitative estimate of drug-likeness (QED) is 0.809. The fourth-order valence-electron chi connectivity index (χ4n) is 3.02. The summed E-state index contributed by atoms with van der Waals surface area (Å²) in [6, 6.07) is 9.72. The molecule has 3 rings (SSSR count). The minimum Gasteiger partial charge on any atom is -0.373 e. The molecule has 0 amide bonds. The minimum atomic E-state index is -3.53. The van der Waals surface area contributed by atoms with Crippen molar-refractivity contribution in [2.24, 2.45) is 0 Å². The zero-order valence-electron chi connectivity index (χ0n) is 14.7. The van der Waals surface area contributed by atoms with Gasteiger partial charge in [0, 0.05) is 38.4 Å². The van der Waals surface area contributed by atoms with Crippen molar-refractivity contribution in [3.8, 4) is 5.69 Å². The third kappa shape index (κ3) is 4.09. The predicted molar refractivity (Wildman–Crippen MR) is 95.5 cm³/mol. The monoisotopic (exact) mass is 364 g/mol. The first-order valence-electron chi connectivity index (χ1n) is 8.32. The molecule has 136 valence electrons. The molecule has 0 N–H and O–H groups in total. The topological polar surface area (TPSA) is 67.7 Å². The van der Waals surface area contributed by atoms with Gasteiger partial charge in [0.05, 0.1) is 24.1 Å². The molecule has 0 bridgehead atoms. The highest BCUT2D eigenvalue weighted by atomic mass is 32.2. The predicted octanol–water partition coefficient (Wildman–Crippen LogP) is 1.66. The summed E-state index contributed by atoms with van der Waals surface area (Å²) in [7, 11) is -1.93. The van der Waals surface area contributed by atoms with E-state index in [0.717, 1.165) is 11.3 Å². The van der Waals surface area contributed by atoms with Gasteiger partial charge in [0.15, 0.2) is 0 Å². The van der Waals surface area contributed by atoms with E-state index in [-0.39, 0.29) is 18.8 Å². The molecular formula is C17H24N4O3S. The summed E-state index contributed by atoms with van der Waals surface area (Å²) in [5.74, 6) is 0. The van der Waals surface area contributed by atoms with Crippen LogP contribution in [0.3, 0.4) is 0 Å². The maximum atomic E-state index is 12.8. The molecule has 1 saturated heterocycles. The van der Waals surface area contributed by atoms with E-state index in [4.69, 9.17) is 4.74 Å². The van der Waals surface area contributed by atoms with E-state index in [1.165, 1.54) is 8.61 Å². The molecule has 0 saturated carbocycles. The van der Waals surface area contributed by atoms with Crippen molar-refractivity contribution in [2.45, 2.75) is 32.6 Å². The number of aromatic nitrogens is 2. The Labute approximate surface area is 149 Å². The molecule has 8 heteroatoms. The second kappa shape index (κ2) is 7.25. The highest BCUT2D eigenvalue weighted by molar-refractivity contribution is 7.86. The van der Waals surface area contributed by atoms with Crippen LogP contribution in [0.25, 0.3) is 5.69 Å². The highest BCUT2D eigenvalue weighted by Gasteiger charge is 2.33. The van der Waals surface area contributed by atoms with Gasteiger partial charge in [-0.05, 0) is 26.0 Å². The third-order valence-electron chi connectivity index (χ3n) is 4.17. The fraction of sp³-hybridized carbons (Fsp3) is 0.471. The zero-order valence-corrected chi connectivity index (χ0v) is 15.6. The van der Waals surface area contributed by atoms with Crippen LogP contribution in [0.15, 0.2) is 42.7 Å². The minimum absolute atomic E-state index is 0.104. The Bertz CT molecular complexity index is 796. The molecule has 2 unspecified atom stereocenters. The van der Waals surface area contributed by atoms with Crippen molar-refractivity contribution in [3.05, 3.63) is 48.3 Å². The van der Waals surface area contributed by atoms with Gasteiger partial charge in [-0.3, -0.25) is 0 Å². The maximum Gasteiger partial charge on any atom is 0.282 e. The molecule has 1 fully saturated rings. The van der Waals surface area contributed by atoms with E-state index < -0.39 is 10.2 Å². The van der Waals surface area contributed by atoms with E-state index in [0.29, 0.717) is 13.1 Å². The van der Waals surface area contributed by atoms with Gasteiger partial charge in [-0.1, -0.05) is 18.2 Å². The van der Waals surface area contributed by atoms with Crippen molar-refractivity contribution in [3.63, 3.8) is 0 Å². The molecule has 0 aliphatic carbocycles. The molecule has 1 aliphatic rings. The highest BCUT2D eigenvalue weighted by Crippen LogP contribution is 2.18. The van der Waals surface area contributed by atoms with Crippen LogP contribution in [0, 0.1) is 0 Å². The van der Waals surface area contributed by atoms with Gasteiger partial charge >= 0.3 is 0 Å². The molecule has 1 aliphatic heterocycles. The normalized spacial score (nSPS) is 22.4. The molecule has 0 spiro atoms. The zero-order chi connectivity index (χ0) is 18.0. The molecule has 1 aromatic carbocycles. The van der Waals surface area contributed by atoms with Crippen LogP contribution in [0.2, 0.25) is 0 Å². The largest absolute Gasteiger partial charge is 0.373 e. The van der Waals surface area contributed by atoms with E-state index in [1.807, 2.05) is 50.4 Å². The van der Waals surface area contributed by atoms with Gasteiger partial charge in [-0.15, -0.1) is 0 Å². The number of hydrogen-bond donors (Lipinski definition) is 0. The Morgan fingerprint density at radius 2 is 1.84 bits per heavy atom. The molecule has 7 nitrogen and oxygen atoms in total. The molecule has 2 atom stereocenters. The molecule has 1 aromatic heterocycles. The average molecular weight is 364 g/mol. The van der Waals surface area contributed by atoms with Gasteiger partial charge < -0.3 is 4.74 Å². The lowest BCUT2D eigenvalue weighted by atomic mass is 10.3. The average Bonchev–Trinajstić information content (AvgIpc) is 3.03. The van der Waals surface area contributed by atoms with E-state index in [1.54, 1.807) is 17.9 Å². The van der Waals surface area contributed by atoms with Crippen molar-refractivity contribution in [1.82, 2.24) is 18.4 Å². The second-order valence-electron chi connectivity index (χ2n) is 6.47. The van der Waals surface area contributed by atoms with E-state index in [2.05, 4.69) is 5.10 Å². The molecular weight excluding hydrogens is 340 g/mol. The van der Waals surface area contributed by atoms with Gasteiger partial charge in [-0.2, -0.15) is 22.1 Å². The second-order valence-corrected chi connectivity index (χ2v) is 8.50. The maximum absolute atomic E-state index is 12.8. The third-order valence-corrected chi connectivity index (χ3v) is 6.04. The van der Waals surface area contributed by atoms with Gasteiger partial charge in [0.1, 0.15) is 0 Å². The molecule has 25 heavy (non-hydrogen) atoms. The summed E-state index contributed by atoms with van der Waals surface area (Å²) < 4.78 is 35.9. The summed E-state index contributed by atoms with van der Waals surface area (Å²) in [5, 5.41) is 4.32. The number of rotatable bonds is 5. The Balaban J connectivity index is 1.71. The summed E-state index contributed by atoms with van der Waals surface area (Å²) in [6.45, 7) is 4.81. The number of morpholine rings is 1. The Hall–Kier alpha value is -1.74. The lowest BCUT2D eigenvalue weighted by Gasteiger charge is -2.36. The first-order chi connectivity index (χ1) is 11.9. The fourth-order valence-corrected chi connectivity index (χ4v) is 4.52. The van der Waals surface area contributed by atoms with Crippen LogP contribution in [0.5, 0.6) is 0 Å². The Kier molecular flexibility index (Phi) is 5.24. The van der Waals surface area contributed by atoms with Crippen LogP contribution in [0.1, 0.15) is 19.4 Å². The number of ether oxygens (including phenoxy) is 1. The molecule has 0 radical (unpaired) electrons. The SMILES string of the molecule is CC1CN(S(=O)(=O)N(C)Cc2cnn(-c3ccccc3)c2)CC(C)O1. The smallest absolute Gasteiger partial charge is 0.282 e. The number of hydrogen-bond acceptors (Lipinski definition) is 4. The van der Waals surface area contributed by atoms with Gasteiger partial charge in [-0.25, -0.2) is 4.68 Å². The molecule has 2 heterocycles. The van der Waals surface area contributed by atoms with Crippen LogP contribution >= 0.6 is 0 Å². The summed E-state index contributed by atoms with van der Waals surface area (Å²) in [4.78, 5) is 0. The number of para-hydroxylation sites is 1. The van der Waals surface area contributed by atoms with E-state index in [9.17, 15) is 8.42 Å². The van der Waals surface area contributed by atoms with Crippen molar-refractivity contribution in [2.75, 3.05) is 20.1 Å². The Morgan fingerprint density at radius 1 is 1.20 bits per heavy atom. The number of benzene rings is 1. The first-order valence-corrected chi connectivity index (χ1v) is 9.72. The van der Waals surface area contributed by atoms with Crippen LogP contribution < -0.4 is 0 Å². The number of nitrogens with zero attached hydrogens (tertiary/aromatic N) is 4. The lowest BCUT2D eigenvalue weighted by Crippen LogP contribution is -2.52. The van der Waals surface area contributed by atoms with Crippen LogP contribution in [-0.2, 0) is 21.5 Å². The Morgan fingerprint density at radius 3 is 2.48 bits per heavy atom. The summed E-state index contributed by atoms with van der Waals surface area (Å²) in [6.07, 6.45) is 3.34. The summed E-state index contributed by atoms with van der Waals surface area (Å²) in [5.41, 5.74) is 1.78. The van der Waals surface area contributed by atoms with Crippen LogP contribution in [-0.4, -0.2) is 59.2 Å². The van der Waals surface area contributed by atoms with Crippen molar-refractivity contribution in [1.29, 1.82) is 0 Å². The van der Waals surface area contributed by atoms with Crippen molar-refractivity contribution >= 4 is 10.2 Å². The van der Waals surface area contributed by atoms with E-state index >= 15 is 0 Å². The standard InChI is InChI=1S/C17H24N4O3S/c1-14-10-20(11-15(2)24-14)25(22,23)19(3)12-16-9-18-21(13-16)17-7-5-4-6-8-17/h4-9,13-15H,10-12H2,1-3H3.